The highest BCUT2D eigenvalue weighted by Gasteiger charge is 2.38. The molecule has 0 aliphatic rings. The Balaban J connectivity index is 2.52. The molecule has 32 heavy (non-hydrogen) atoms. The molecule has 172 valence electrons. The number of anilines is 1. The number of nitrogens with zero attached hydrogens (tertiary/aromatic N) is 1. The van der Waals surface area contributed by atoms with Gasteiger partial charge in [0, 0.05) is 5.69 Å². The normalized spacial score (nSPS) is 14.2. The summed E-state index contributed by atoms with van der Waals surface area (Å²) in [5.74, 6) is -2.21. The maximum absolute atomic E-state index is 13.4. The van der Waals surface area contributed by atoms with Crippen LogP contribution in [0.2, 0.25) is 0 Å². The summed E-state index contributed by atoms with van der Waals surface area (Å²) in [6.45, 7) is 7.28. The molecule has 0 heterocycles. The second kappa shape index (κ2) is 10.9. The summed E-state index contributed by atoms with van der Waals surface area (Å²) < 4.78 is 0. The highest BCUT2D eigenvalue weighted by atomic mass is 16.4. The van der Waals surface area contributed by atoms with E-state index in [-0.39, 0.29) is 6.42 Å². The van der Waals surface area contributed by atoms with Crippen molar-refractivity contribution < 1.29 is 19.5 Å². The molecular weight excluding hydrogens is 406 g/mol. The Labute approximate surface area is 189 Å². The summed E-state index contributed by atoms with van der Waals surface area (Å²) in [6.07, 6.45) is 0.664. The predicted molar refractivity (Wildman–Crippen MR) is 125 cm³/mol. The number of nitrogens with two attached hydrogens (primary N) is 1. The SMILES string of the molecule is CCC(N)C(=O)NC(=O)[C@H](CC(C)(C)c1ccccc1)N(c1ccccc1)[C@@H](C)C(=O)O. The number of carboxylic acid groups (broad SMARTS) is 1. The van der Waals surface area contributed by atoms with Crippen molar-refractivity contribution in [2.24, 2.45) is 5.73 Å². The van der Waals surface area contributed by atoms with Crippen molar-refractivity contribution in [1.82, 2.24) is 5.32 Å². The second-order valence-electron chi connectivity index (χ2n) is 8.60. The maximum atomic E-state index is 13.4. The lowest BCUT2D eigenvalue weighted by atomic mass is 9.78. The van der Waals surface area contributed by atoms with E-state index in [0.29, 0.717) is 12.1 Å². The Morgan fingerprint density at radius 1 is 1.00 bits per heavy atom. The first-order chi connectivity index (χ1) is 15.1. The molecule has 2 aromatic rings. The number of carbonyl (C=O) groups excluding carboxylic acids is 2. The van der Waals surface area contributed by atoms with Gasteiger partial charge in [0.05, 0.1) is 6.04 Å². The van der Waals surface area contributed by atoms with Crippen LogP contribution in [0.25, 0.3) is 0 Å². The molecule has 0 spiro atoms. The summed E-state index contributed by atoms with van der Waals surface area (Å²) in [6, 6.07) is 15.9. The number of hydrogen-bond acceptors (Lipinski definition) is 5. The highest BCUT2D eigenvalue weighted by molar-refractivity contribution is 6.01. The molecule has 7 nitrogen and oxygen atoms in total. The number of amides is 2. The number of hydrogen-bond donors (Lipinski definition) is 3. The molecule has 0 radical (unpaired) electrons. The van der Waals surface area contributed by atoms with Crippen LogP contribution in [0.1, 0.15) is 46.1 Å². The van der Waals surface area contributed by atoms with Gasteiger partial charge in [-0.1, -0.05) is 69.3 Å². The van der Waals surface area contributed by atoms with Crippen molar-refractivity contribution in [3.05, 3.63) is 66.2 Å². The van der Waals surface area contributed by atoms with Gasteiger partial charge in [0.2, 0.25) is 11.8 Å². The fourth-order valence-electron chi connectivity index (χ4n) is 3.68. The molecule has 0 aromatic heterocycles. The number of benzene rings is 2. The van der Waals surface area contributed by atoms with Crippen LogP contribution in [0, 0.1) is 0 Å². The predicted octanol–water partition coefficient (Wildman–Crippen LogP) is 3.08. The molecule has 0 fully saturated rings. The van der Waals surface area contributed by atoms with Gasteiger partial charge in [-0.05, 0) is 42.9 Å². The molecule has 7 heteroatoms. The molecule has 0 bridgehead atoms. The van der Waals surface area contributed by atoms with Crippen LogP contribution in [0.5, 0.6) is 0 Å². The molecule has 2 amide bonds. The Bertz CT molecular complexity index is 915. The second-order valence-corrected chi connectivity index (χ2v) is 8.60. The molecule has 4 N–H and O–H groups in total. The third-order valence-electron chi connectivity index (χ3n) is 5.75. The molecule has 1 unspecified atom stereocenters. The molecule has 2 rings (SSSR count). The fourth-order valence-corrected chi connectivity index (χ4v) is 3.68. The number of para-hydroxylation sites is 1. The summed E-state index contributed by atoms with van der Waals surface area (Å²) in [4.78, 5) is 39.4. The van der Waals surface area contributed by atoms with Gasteiger partial charge in [0.25, 0.3) is 0 Å². The van der Waals surface area contributed by atoms with E-state index in [1.54, 1.807) is 36.1 Å². The first kappa shape index (κ1) is 25.1. The summed E-state index contributed by atoms with van der Waals surface area (Å²) in [7, 11) is 0. The smallest absolute Gasteiger partial charge is 0.326 e. The molecular formula is C25H33N3O4. The maximum Gasteiger partial charge on any atom is 0.326 e. The fraction of sp³-hybridized carbons (Fsp3) is 0.400. The number of aliphatic carboxylic acids is 1. The van der Waals surface area contributed by atoms with Crippen molar-refractivity contribution >= 4 is 23.5 Å². The van der Waals surface area contributed by atoms with Crippen LogP contribution in [-0.2, 0) is 19.8 Å². The van der Waals surface area contributed by atoms with Crippen LogP contribution in [0.4, 0.5) is 5.69 Å². The van der Waals surface area contributed by atoms with E-state index < -0.39 is 41.3 Å². The zero-order valence-corrected chi connectivity index (χ0v) is 19.1. The lowest BCUT2D eigenvalue weighted by Crippen LogP contribution is -2.57. The number of rotatable bonds is 10. The van der Waals surface area contributed by atoms with Gasteiger partial charge in [0.15, 0.2) is 0 Å². The quantitative estimate of drug-likeness (QED) is 0.524. The molecule has 0 saturated carbocycles. The molecule has 0 aliphatic carbocycles. The van der Waals surface area contributed by atoms with Crippen LogP contribution in [-0.4, -0.2) is 41.0 Å². The standard InChI is InChI=1S/C25H33N3O4/c1-5-20(26)22(29)27-23(30)21(16-25(3,4)18-12-8-6-9-13-18)28(17(2)24(31)32)19-14-10-7-11-15-19/h6-15,17,20-21H,5,16,26H2,1-4H3,(H,31,32)(H,27,29,30)/t17-,20?,21-/m0/s1. The minimum Gasteiger partial charge on any atom is -0.480 e. The topological polar surface area (TPSA) is 113 Å². The zero-order valence-electron chi connectivity index (χ0n) is 19.1. The van der Waals surface area contributed by atoms with Gasteiger partial charge in [-0.2, -0.15) is 0 Å². The van der Waals surface area contributed by atoms with Gasteiger partial charge in [-0.3, -0.25) is 14.9 Å². The summed E-state index contributed by atoms with van der Waals surface area (Å²) in [5.41, 5.74) is 6.91. The van der Waals surface area contributed by atoms with Gasteiger partial charge in [-0.25, -0.2) is 4.79 Å². The third kappa shape index (κ3) is 6.17. The average Bonchev–Trinajstić information content (AvgIpc) is 2.78. The van der Waals surface area contributed by atoms with Crippen molar-refractivity contribution in [2.75, 3.05) is 4.90 Å². The molecule has 2 aromatic carbocycles. The van der Waals surface area contributed by atoms with Gasteiger partial charge < -0.3 is 15.7 Å². The third-order valence-corrected chi connectivity index (χ3v) is 5.75. The van der Waals surface area contributed by atoms with E-state index in [4.69, 9.17) is 5.73 Å². The minimum atomic E-state index is -1.07. The monoisotopic (exact) mass is 439 g/mol. The Hall–Kier alpha value is -3.19. The minimum absolute atomic E-state index is 0.282. The first-order valence-corrected chi connectivity index (χ1v) is 10.8. The van der Waals surface area contributed by atoms with Crippen molar-refractivity contribution in [2.45, 2.75) is 64.1 Å². The van der Waals surface area contributed by atoms with Gasteiger partial charge in [-0.15, -0.1) is 0 Å². The first-order valence-electron chi connectivity index (χ1n) is 10.8. The van der Waals surface area contributed by atoms with E-state index in [2.05, 4.69) is 5.32 Å². The van der Waals surface area contributed by atoms with Crippen LogP contribution < -0.4 is 16.0 Å². The van der Waals surface area contributed by atoms with Crippen LogP contribution >= 0.6 is 0 Å². The number of nitrogens with one attached hydrogen (secondary N) is 1. The highest BCUT2D eigenvalue weighted by Crippen LogP contribution is 2.32. The Morgan fingerprint density at radius 3 is 2.03 bits per heavy atom. The number of carboxylic acids is 1. The lowest BCUT2D eigenvalue weighted by molar-refractivity contribution is -0.138. The molecule has 3 atom stereocenters. The van der Waals surface area contributed by atoms with E-state index >= 15 is 0 Å². The van der Waals surface area contributed by atoms with E-state index in [0.717, 1.165) is 5.56 Å². The number of imide groups is 1. The molecule has 0 aliphatic heterocycles. The van der Waals surface area contributed by atoms with Crippen LogP contribution in [0.15, 0.2) is 60.7 Å². The van der Waals surface area contributed by atoms with Crippen LogP contribution in [0.3, 0.4) is 0 Å². The van der Waals surface area contributed by atoms with Crippen molar-refractivity contribution in [3.8, 4) is 0 Å². The van der Waals surface area contributed by atoms with Crippen molar-refractivity contribution in [1.29, 1.82) is 0 Å². The molecule has 0 saturated heterocycles. The average molecular weight is 440 g/mol. The lowest BCUT2D eigenvalue weighted by Gasteiger charge is -2.39. The summed E-state index contributed by atoms with van der Waals surface area (Å²) in [5, 5.41) is 12.2. The Kier molecular flexibility index (Phi) is 8.55. The van der Waals surface area contributed by atoms with E-state index in [9.17, 15) is 19.5 Å². The van der Waals surface area contributed by atoms with Gasteiger partial charge >= 0.3 is 5.97 Å². The summed E-state index contributed by atoms with van der Waals surface area (Å²) >= 11 is 0. The zero-order chi connectivity index (χ0) is 23.9. The van der Waals surface area contributed by atoms with E-state index in [1.165, 1.54) is 6.92 Å². The largest absolute Gasteiger partial charge is 0.480 e. The number of carbonyl (C=O) groups is 3. The van der Waals surface area contributed by atoms with Gasteiger partial charge in [0.1, 0.15) is 12.1 Å². The van der Waals surface area contributed by atoms with Crippen molar-refractivity contribution in [3.63, 3.8) is 0 Å². The Morgan fingerprint density at radius 2 is 1.53 bits per heavy atom. The van der Waals surface area contributed by atoms with E-state index in [1.807, 2.05) is 50.2 Å².